The van der Waals surface area contributed by atoms with Gasteiger partial charge >= 0.3 is 0 Å². The molecule has 0 heterocycles. The molecule has 5 nitrogen and oxygen atoms in total. The largest absolute Gasteiger partial charge is 0.491 e. The van der Waals surface area contributed by atoms with Gasteiger partial charge in [0.15, 0.2) is 5.96 Å². The zero-order valence-corrected chi connectivity index (χ0v) is 16.3. The Morgan fingerprint density at radius 3 is 2.74 bits per heavy atom. The normalized spacial score (nSPS) is 15.1. The van der Waals surface area contributed by atoms with E-state index in [4.69, 9.17) is 9.47 Å². The first-order valence-corrected chi connectivity index (χ1v) is 7.99. The fraction of sp³-hybridized carbons (Fsp3) is 0.588. The van der Waals surface area contributed by atoms with Gasteiger partial charge in [0.05, 0.1) is 6.61 Å². The van der Waals surface area contributed by atoms with E-state index in [0.717, 1.165) is 18.3 Å². The van der Waals surface area contributed by atoms with Crippen LogP contribution in [0.1, 0.15) is 31.2 Å². The van der Waals surface area contributed by atoms with E-state index in [1.165, 1.54) is 31.2 Å². The van der Waals surface area contributed by atoms with Gasteiger partial charge in [0, 0.05) is 26.7 Å². The zero-order valence-electron chi connectivity index (χ0n) is 14.0. The van der Waals surface area contributed by atoms with Gasteiger partial charge in [-0.05, 0) is 30.5 Å². The molecule has 1 aliphatic carbocycles. The van der Waals surface area contributed by atoms with Crippen LogP contribution in [-0.2, 0) is 11.3 Å². The number of methoxy groups -OCH3 is 1. The second-order valence-corrected chi connectivity index (χ2v) is 5.54. The van der Waals surface area contributed by atoms with Crippen molar-refractivity contribution in [3.63, 3.8) is 0 Å². The Morgan fingerprint density at radius 2 is 2.04 bits per heavy atom. The van der Waals surface area contributed by atoms with Crippen molar-refractivity contribution in [1.82, 2.24) is 10.6 Å². The molecule has 0 bridgehead atoms. The Morgan fingerprint density at radius 1 is 1.26 bits per heavy atom. The highest BCUT2D eigenvalue weighted by molar-refractivity contribution is 14.0. The molecule has 0 spiro atoms. The molecule has 6 heteroatoms. The van der Waals surface area contributed by atoms with Gasteiger partial charge < -0.3 is 20.1 Å². The van der Waals surface area contributed by atoms with Gasteiger partial charge in [0.1, 0.15) is 12.4 Å². The van der Waals surface area contributed by atoms with Crippen LogP contribution in [0.5, 0.6) is 5.75 Å². The van der Waals surface area contributed by atoms with Crippen molar-refractivity contribution >= 4 is 29.9 Å². The van der Waals surface area contributed by atoms with Crippen LogP contribution in [-0.4, -0.2) is 39.4 Å². The Bertz CT molecular complexity index is 477. The minimum absolute atomic E-state index is 0. The molecule has 0 amide bonds. The van der Waals surface area contributed by atoms with E-state index in [0.29, 0.717) is 19.3 Å². The number of hydrogen-bond acceptors (Lipinski definition) is 3. The Hall–Kier alpha value is -1.02. The third kappa shape index (κ3) is 7.39. The van der Waals surface area contributed by atoms with E-state index in [9.17, 15) is 0 Å². The predicted octanol–water partition coefficient (Wildman–Crippen LogP) is 2.94. The molecule has 23 heavy (non-hydrogen) atoms. The van der Waals surface area contributed by atoms with E-state index in [1.54, 1.807) is 7.11 Å². The summed E-state index contributed by atoms with van der Waals surface area (Å²) in [7, 11) is 3.49. The second kappa shape index (κ2) is 11.5. The Labute approximate surface area is 156 Å². The predicted molar refractivity (Wildman–Crippen MR) is 105 cm³/mol. The van der Waals surface area contributed by atoms with Gasteiger partial charge in [-0.25, -0.2) is 0 Å². The van der Waals surface area contributed by atoms with Crippen molar-refractivity contribution in [3.8, 4) is 5.75 Å². The molecule has 1 fully saturated rings. The molecule has 0 saturated heterocycles. The summed E-state index contributed by atoms with van der Waals surface area (Å²) in [5, 5.41) is 6.85. The number of halogens is 1. The Balaban J connectivity index is 0.00000264. The molecule has 2 N–H and O–H groups in total. The molecule has 0 radical (unpaired) electrons. The lowest BCUT2D eigenvalue weighted by Crippen LogP contribution is -2.41. The highest BCUT2D eigenvalue weighted by Crippen LogP contribution is 2.17. The Kier molecular flexibility index (Phi) is 10.0. The summed E-state index contributed by atoms with van der Waals surface area (Å²) in [6.45, 7) is 1.90. The lowest BCUT2D eigenvalue weighted by atomic mass is 10.2. The standard InChI is InChI=1S/C17H27N3O2.HI/c1-18-17(20-15-7-3-4-8-15)19-13-14-6-5-9-16(12-14)22-11-10-21-2;/h5-6,9,12,15H,3-4,7-8,10-11,13H2,1-2H3,(H2,18,19,20);1H. The molecule has 0 aliphatic heterocycles. The van der Waals surface area contributed by atoms with Gasteiger partial charge in [-0.3, -0.25) is 4.99 Å². The van der Waals surface area contributed by atoms with Crippen molar-refractivity contribution in [2.24, 2.45) is 4.99 Å². The molecular formula is C17H28IN3O2. The van der Waals surface area contributed by atoms with Crippen LogP contribution in [0.3, 0.4) is 0 Å². The van der Waals surface area contributed by atoms with Crippen molar-refractivity contribution in [2.75, 3.05) is 27.4 Å². The van der Waals surface area contributed by atoms with Crippen LogP contribution >= 0.6 is 24.0 Å². The average Bonchev–Trinajstić information content (AvgIpc) is 3.05. The number of guanidine groups is 1. The van der Waals surface area contributed by atoms with Gasteiger partial charge in [-0.15, -0.1) is 24.0 Å². The van der Waals surface area contributed by atoms with Crippen molar-refractivity contribution < 1.29 is 9.47 Å². The number of nitrogens with one attached hydrogen (secondary N) is 2. The van der Waals surface area contributed by atoms with Gasteiger partial charge in [-0.2, -0.15) is 0 Å². The summed E-state index contributed by atoms with van der Waals surface area (Å²) in [5.41, 5.74) is 1.17. The number of aliphatic imine (C=N–C) groups is 1. The minimum Gasteiger partial charge on any atom is -0.491 e. The van der Waals surface area contributed by atoms with Crippen LogP contribution in [0.25, 0.3) is 0 Å². The lowest BCUT2D eigenvalue weighted by molar-refractivity contribution is 0.146. The minimum atomic E-state index is 0. The van der Waals surface area contributed by atoms with Gasteiger partial charge in [-0.1, -0.05) is 25.0 Å². The molecule has 0 atom stereocenters. The first-order valence-electron chi connectivity index (χ1n) is 7.99. The first-order chi connectivity index (χ1) is 10.8. The summed E-state index contributed by atoms with van der Waals surface area (Å²) < 4.78 is 10.6. The van der Waals surface area contributed by atoms with Gasteiger partial charge in [0.25, 0.3) is 0 Å². The van der Waals surface area contributed by atoms with Crippen LogP contribution in [0.4, 0.5) is 0 Å². The van der Waals surface area contributed by atoms with E-state index in [-0.39, 0.29) is 24.0 Å². The topological polar surface area (TPSA) is 54.9 Å². The monoisotopic (exact) mass is 433 g/mol. The zero-order chi connectivity index (χ0) is 15.6. The number of benzene rings is 1. The first kappa shape index (κ1) is 20.0. The number of rotatable bonds is 7. The molecule has 1 saturated carbocycles. The summed E-state index contributed by atoms with van der Waals surface area (Å²) in [6, 6.07) is 8.66. The van der Waals surface area contributed by atoms with Crippen LogP contribution in [0.15, 0.2) is 29.3 Å². The third-order valence-corrected chi connectivity index (χ3v) is 3.83. The van der Waals surface area contributed by atoms with E-state index >= 15 is 0 Å². The second-order valence-electron chi connectivity index (χ2n) is 5.54. The fourth-order valence-corrected chi connectivity index (χ4v) is 2.63. The smallest absolute Gasteiger partial charge is 0.191 e. The quantitative estimate of drug-likeness (QED) is 0.301. The van der Waals surface area contributed by atoms with Crippen molar-refractivity contribution in [3.05, 3.63) is 29.8 Å². The third-order valence-electron chi connectivity index (χ3n) is 3.83. The van der Waals surface area contributed by atoms with E-state index in [1.807, 2.05) is 25.2 Å². The summed E-state index contributed by atoms with van der Waals surface area (Å²) in [6.07, 6.45) is 5.11. The molecule has 0 unspecified atom stereocenters. The van der Waals surface area contributed by atoms with E-state index in [2.05, 4.69) is 21.7 Å². The van der Waals surface area contributed by atoms with E-state index < -0.39 is 0 Å². The SMILES string of the molecule is CN=C(NCc1cccc(OCCOC)c1)NC1CCCC1.I. The fourth-order valence-electron chi connectivity index (χ4n) is 2.63. The summed E-state index contributed by atoms with van der Waals surface area (Å²) in [5.74, 6) is 1.74. The van der Waals surface area contributed by atoms with Crippen molar-refractivity contribution in [1.29, 1.82) is 0 Å². The van der Waals surface area contributed by atoms with Crippen LogP contribution in [0.2, 0.25) is 0 Å². The van der Waals surface area contributed by atoms with Gasteiger partial charge in [0.2, 0.25) is 0 Å². The number of ether oxygens (including phenoxy) is 2. The highest BCUT2D eigenvalue weighted by atomic mass is 127. The van der Waals surface area contributed by atoms with Crippen LogP contribution < -0.4 is 15.4 Å². The van der Waals surface area contributed by atoms with Crippen LogP contribution in [0, 0.1) is 0 Å². The lowest BCUT2D eigenvalue weighted by Gasteiger charge is -2.17. The molecule has 1 aliphatic rings. The summed E-state index contributed by atoms with van der Waals surface area (Å²) in [4.78, 5) is 4.30. The molecule has 130 valence electrons. The highest BCUT2D eigenvalue weighted by Gasteiger charge is 2.15. The molecule has 0 aromatic heterocycles. The maximum absolute atomic E-state index is 5.63. The maximum Gasteiger partial charge on any atom is 0.191 e. The molecule has 1 aromatic rings. The summed E-state index contributed by atoms with van der Waals surface area (Å²) >= 11 is 0. The maximum atomic E-state index is 5.63. The number of hydrogen-bond donors (Lipinski definition) is 2. The number of nitrogens with zero attached hydrogens (tertiary/aromatic N) is 1. The average molecular weight is 433 g/mol. The molecule has 2 rings (SSSR count). The molecular weight excluding hydrogens is 405 g/mol. The molecule has 1 aromatic carbocycles. The van der Waals surface area contributed by atoms with Crippen molar-refractivity contribution in [2.45, 2.75) is 38.3 Å².